The highest BCUT2D eigenvalue weighted by Gasteiger charge is 2.18. The van der Waals surface area contributed by atoms with E-state index in [9.17, 15) is 4.79 Å². The molecule has 0 fully saturated rings. The number of rotatable bonds is 7. The number of hydrogen-bond acceptors (Lipinski definition) is 6. The summed E-state index contributed by atoms with van der Waals surface area (Å²) in [6.07, 6.45) is 0.0662. The van der Waals surface area contributed by atoms with E-state index < -0.39 is 6.10 Å². The number of fused-ring (bicyclic) bond motifs is 1. The van der Waals surface area contributed by atoms with E-state index in [0.29, 0.717) is 30.2 Å². The molecule has 144 valence electrons. The van der Waals surface area contributed by atoms with Gasteiger partial charge >= 0.3 is 0 Å². The number of benzene rings is 2. The van der Waals surface area contributed by atoms with Crippen molar-refractivity contribution in [3.8, 4) is 28.5 Å². The van der Waals surface area contributed by atoms with Crippen LogP contribution in [0.15, 0.2) is 53.9 Å². The Kier molecular flexibility index (Phi) is 5.43. The zero-order valence-corrected chi connectivity index (χ0v) is 16.2. The van der Waals surface area contributed by atoms with Crippen LogP contribution in [-0.2, 0) is 11.2 Å². The van der Waals surface area contributed by atoms with Crippen molar-refractivity contribution in [2.75, 3.05) is 13.3 Å². The molecule has 1 unspecified atom stereocenters. The fourth-order valence-corrected chi connectivity index (χ4v) is 3.62. The first-order chi connectivity index (χ1) is 13.7. The molecule has 2 heterocycles. The van der Waals surface area contributed by atoms with Gasteiger partial charge in [-0.05, 0) is 19.1 Å². The largest absolute Gasteiger partial charge is 0.481 e. The zero-order chi connectivity index (χ0) is 19.3. The van der Waals surface area contributed by atoms with Gasteiger partial charge in [0.15, 0.2) is 17.6 Å². The van der Waals surface area contributed by atoms with Crippen molar-refractivity contribution < 1.29 is 19.0 Å². The van der Waals surface area contributed by atoms with Crippen molar-refractivity contribution >= 4 is 17.2 Å². The topological polar surface area (TPSA) is 69.7 Å². The molecule has 1 aromatic heterocycles. The molecular weight excluding hydrogens is 376 g/mol. The number of aromatic nitrogens is 1. The van der Waals surface area contributed by atoms with E-state index in [4.69, 9.17) is 14.2 Å². The van der Waals surface area contributed by atoms with E-state index in [2.05, 4.69) is 10.3 Å². The molecule has 0 spiro atoms. The molecule has 4 rings (SSSR count). The Bertz CT molecular complexity index is 958. The van der Waals surface area contributed by atoms with Gasteiger partial charge in [-0.3, -0.25) is 4.79 Å². The van der Waals surface area contributed by atoms with Gasteiger partial charge in [0.1, 0.15) is 5.75 Å². The second-order valence-electron chi connectivity index (χ2n) is 6.31. The number of hydrogen-bond donors (Lipinski definition) is 1. The van der Waals surface area contributed by atoms with Gasteiger partial charge in [0.25, 0.3) is 5.91 Å². The monoisotopic (exact) mass is 396 g/mol. The molecule has 7 heteroatoms. The number of nitrogens with zero attached hydrogens (tertiary/aromatic N) is 1. The minimum Gasteiger partial charge on any atom is -0.481 e. The molecule has 1 N–H and O–H groups in total. The van der Waals surface area contributed by atoms with E-state index in [1.165, 1.54) is 0 Å². The summed E-state index contributed by atoms with van der Waals surface area (Å²) in [6.45, 7) is 2.43. The first-order valence-corrected chi connectivity index (χ1v) is 9.91. The van der Waals surface area contributed by atoms with Crippen LogP contribution in [0.3, 0.4) is 0 Å². The number of thiazole rings is 1. The molecule has 6 nitrogen and oxygen atoms in total. The van der Waals surface area contributed by atoms with Gasteiger partial charge in [-0.2, -0.15) is 0 Å². The van der Waals surface area contributed by atoms with Crippen LogP contribution < -0.4 is 19.5 Å². The maximum absolute atomic E-state index is 12.3. The third-order valence-electron chi connectivity index (χ3n) is 4.29. The normalized spacial score (nSPS) is 13.2. The van der Waals surface area contributed by atoms with Gasteiger partial charge in [0.2, 0.25) is 6.79 Å². The van der Waals surface area contributed by atoms with E-state index in [1.54, 1.807) is 36.5 Å². The lowest BCUT2D eigenvalue weighted by Gasteiger charge is -2.14. The van der Waals surface area contributed by atoms with E-state index in [0.717, 1.165) is 16.3 Å². The minimum atomic E-state index is -0.614. The van der Waals surface area contributed by atoms with Crippen LogP contribution in [0.1, 0.15) is 11.9 Å². The van der Waals surface area contributed by atoms with E-state index >= 15 is 0 Å². The summed E-state index contributed by atoms with van der Waals surface area (Å²) < 4.78 is 16.3. The molecule has 1 atom stereocenters. The molecule has 0 saturated carbocycles. The van der Waals surface area contributed by atoms with Crippen molar-refractivity contribution in [2.45, 2.75) is 19.4 Å². The fraction of sp³-hybridized carbons (Fsp3) is 0.238. The standard InChI is InChI=1S/C21H20N2O4S/c1-14(27-16-7-8-18-19(11-16)26-13-25-18)21(24)22-10-9-20-23-17(12-28-20)15-5-3-2-4-6-15/h2-8,11-12,14H,9-10,13H2,1H3,(H,22,24). The summed E-state index contributed by atoms with van der Waals surface area (Å²) in [5.74, 6) is 1.71. The minimum absolute atomic E-state index is 0.169. The van der Waals surface area contributed by atoms with Gasteiger partial charge in [0.05, 0.1) is 10.7 Å². The number of carbonyl (C=O) groups is 1. The highest BCUT2D eigenvalue weighted by molar-refractivity contribution is 7.09. The molecule has 0 saturated heterocycles. The SMILES string of the molecule is CC(Oc1ccc2c(c1)OCO2)C(=O)NCCc1nc(-c2ccccc2)cs1. The molecule has 0 radical (unpaired) electrons. The number of ether oxygens (including phenoxy) is 3. The maximum Gasteiger partial charge on any atom is 0.260 e. The summed E-state index contributed by atoms with van der Waals surface area (Å²) in [6, 6.07) is 15.3. The smallest absolute Gasteiger partial charge is 0.260 e. The van der Waals surface area contributed by atoms with Gasteiger partial charge < -0.3 is 19.5 Å². The summed E-state index contributed by atoms with van der Waals surface area (Å²) in [4.78, 5) is 16.9. The van der Waals surface area contributed by atoms with Crippen molar-refractivity contribution in [2.24, 2.45) is 0 Å². The average Bonchev–Trinajstić information content (AvgIpc) is 3.37. The van der Waals surface area contributed by atoms with Crippen molar-refractivity contribution in [3.63, 3.8) is 0 Å². The third-order valence-corrected chi connectivity index (χ3v) is 5.19. The number of nitrogens with one attached hydrogen (secondary N) is 1. The van der Waals surface area contributed by atoms with Gasteiger partial charge in [-0.1, -0.05) is 30.3 Å². The molecule has 3 aromatic rings. The van der Waals surface area contributed by atoms with Crippen molar-refractivity contribution in [3.05, 3.63) is 58.9 Å². The quantitative estimate of drug-likeness (QED) is 0.660. The van der Waals surface area contributed by atoms with E-state index in [-0.39, 0.29) is 12.7 Å². The lowest BCUT2D eigenvalue weighted by atomic mass is 10.2. The highest BCUT2D eigenvalue weighted by atomic mass is 32.1. The highest BCUT2D eigenvalue weighted by Crippen LogP contribution is 2.35. The predicted molar refractivity (Wildman–Crippen MR) is 107 cm³/mol. The molecule has 2 aromatic carbocycles. The Morgan fingerprint density at radius 3 is 2.89 bits per heavy atom. The van der Waals surface area contributed by atoms with Crippen molar-refractivity contribution in [1.82, 2.24) is 10.3 Å². The molecule has 28 heavy (non-hydrogen) atoms. The average molecular weight is 396 g/mol. The first-order valence-electron chi connectivity index (χ1n) is 9.03. The number of carbonyl (C=O) groups excluding carboxylic acids is 1. The predicted octanol–water partition coefficient (Wildman–Crippen LogP) is 3.67. The Balaban J connectivity index is 1.26. The van der Waals surface area contributed by atoms with Crippen LogP contribution in [0.2, 0.25) is 0 Å². The first kappa shape index (κ1) is 18.3. The summed E-state index contributed by atoms with van der Waals surface area (Å²) in [5, 5.41) is 5.93. The molecule has 0 bridgehead atoms. The lowest BCUT2D eigenvalue weighted by molar-refractivity contribution is -0.127. The molecule has 1 aliphatic rings. The van der Waals surface area contributed by atoms with Gasteiger partial charge in [-0.15, -0.1) is 11.3 Å². The maximum atomic E-state index is 12.3. The van der Waals surface area contributed by atoms with Crippen LogP contribution in [0.25, 0.3) is 11.3 Å². The molecule has 1 amide bonds. The third kappa shape index (κ3) is 4.26. The molecular formula is C21H20N2O4S. The fourth-order valence-electron chi connectivity index (χ4n) is 2.81. The number of amides is 1. The van der Waals surface area contributed by atoms with Gasteiger partial charge in [-0.25, -0.2) is 4.98 Å². The zero-order valence-electron chi connectivity index (χ0n) is 15.4. The Hall–Kier alpha value is -3.06. The summed E-state index contributed by atoms with van der Waals surface area (Å²) >= 11 is 1.60. The summed E-state index contributed by atoms with van der Waals surface area (Å²) in [5.41, 5.74) is 2.06. The van der Waals surface area contributed by atoms with Gasteiger partial charge in [0, 0.05) is 30.0 Å². The molecule has 0 aliphatic carbocycles. The Labute approximate surface area is 167 Å². The Morgan fingerprint density at radius 1 is 1.21 bits per heavy atom. The van der Waals surface area contributed by atoms with E-state index in [1.807, 2.05) is 35.7 Å². The van der Waals surface area contributed by atoms with Crippen LogP contribution in [-0.4, -0.2) is 30.3 Å². The van der Waals surface area contributed by atoms with Crippen molar-refractivity contribution in [1.29, 1.82) is 0 Å². The molecule has 1 aliphatic heterocycles. The second kappa shape index (κ2) is 8.31. The Morgan fingerprint density at radius 2 is 2.04 bits per heavy atom. The summed E-state index contributed by atoms with van der Waals surface area (Å²) in [7, 11) is 0. The van der Waals surface area contributed by atoms with Crippen LogP contribution in [0.4, 0.5) is 0 Å². The van der Waals surface area contributed by atoms with Crippen LogP contribution in [0.5, 0.6) is 17.2 Å². The lowest BCUT2D eigenvalue weighted by Crippen LogP contribution is -2.37. The van der Waals surface area contributed by atoms with Crippen LogP contribution in [0, 0.1) is 0 Å². The second-order valence-corrected chi connectivity index (χ2v) is 7.25. The van der Waals surface area contributed by atoms with Crippen LogP contribution >= 0.6 is 11.3 Å².